The summed E-state index contributed by atoms with van der Waals surface area (Å²) >= 11 is 0. The van der Waals surface area contributed by atoms with Crippen molar-refractivity contribution in [2.24, 2.45) is 13.0 Å². The van der Waals surface area contributed by atoms with Gasteiger partial charge in [-0.25, -0.2) is 23.1 Å². The quantitative estimate of drug-likeness (QED) is 0.198. The Morgan fingerprint density at radius 2 is 1.82 bits per heavy atom. The third-order valence-corrected chi connectivity index (χ3v) is 11.8. The number of halogens is 2. The zero-order chi connectivity index (χ0) is 39.2. The molecule has 2 saturated heterocycles. The van der Waals surface area contributed by atoms with Crippen molar-refractivity contribution >= 4 is 45.8 Å². The van der Waals surface area contributed by atoms with Gasteiger partial charge in [0.15, 0.2) is 11.3 Å². The van der Waals surface area contributed by atoms with Gasteiger partial charge in [0.25, 0.3) is 12.3 Å². The van der Waals surface area contributed by atoms with Crippen LogP contribution in [0.1, 0.15) is 85.9 Å². The van der Waals surface area contributed by atoms with E-state index in [0.717, 1.165) is 69.4 Å². The Hall–Kier alpha value is -5.65. The van der Waals surface area contributed by atoms with Gasteiger partial charge in [-0.2, -0.15) is 5.10 Å². The van der Waals surface area contributed by atoms with Gasteiger partial charge in [-0.05, 0) is 76.1 Å². The molecule has 0 spiro atoms. The lowest BCUT2D eigenvalue weighted by Crippen LogP contribution is -2.45. The van der Waals surface area contributed by atoms with Gasteiger partial charge in [-0.1, -0.05) is 6.07 Å². The van der Waals surface area contributed by atoms with Crippen molar-refractivity contribution in [3.05, 3.63) is 64.6 Å². The number of anilines is 2. The number of carbonyl (C=O) groups is 3. The molecule has 1 aliphatic carbocycles. The molecule has 2 N–H and O–H groups in total. The van der Waals surface area contributed by atoms with E-state index in [2.05, 4.69) is 42.7 Å². The van der Waals surface area contributed by atoms with E-state index in [1.54, 1.807) is 28.6 Å². The predicted octanol–water partition coefficient (Wildman–Crippen LogP) is 4.09. The maximum atomic E-state index is 14.2. The minimum atomic E-state index is -2.88. The maximum absolute atomic E-state index is 14.2. The summed E-state index contributed by atoms with van der Waals surface area (Å²) in [5, 5.41) is 13.4. The molecule has 56 heavy (non-hydrogen) atoms. The molecule has 4 aromatic heterocycles. The normalized spacial score (nSPS) is 21.1. The lowest BCUT2D eigenvalue weighted by Gasteiger charge is -2.40. The van der Waals surface area contributed by atoms with E-state index < -0.39 is 30.0 Å². The number of aryl methyl sites for hydroxylation is 1. The fourth-order valence-corrected chi connectivity index (χ4v) is 8.84. The van der Waals surface area contributed by atoms with Crippen molar-refractivity contribution in [1.82, 2.24) is 43.7 Å². The van der Waals surface area contributed by atoms with Gasteiger partial charge in [-0.15, -0.1) is 5.10 Å². The van der Waals surface area contributed by atoms with Crippen molar-refractivity contribution in [3.8, 4) is 5.88 Å². The SMILES string of the molecule is COc1nn2cccnc2c1C(=O)Nc1cn(C2CCC(CN(C)C3CCN(c4cccc5c4n(C)c(=O)n5C4CCC(=O)NC4=O)CC3)CC2)nc1C(F)F. The van der Waals surface area contributed by atoms with Gasteiger partial charge < -0.3 is 19.9 Å². The fraction of sp³-hybridized carbons (Fsp3) is 0.500. The van der Waals surface area contributed by atoms with Crippen molar-refractivity contribution in [1.29, 1.82) is 0 Å². The Morgan fingerprint density at radius 3 is 2.54 bits per heavy atom. The van der Waals surface area contributed by atoms with E-state index in [9.17, 15) is 28.0 Å². The summed E-state index contributed by atoms with van der Waals surface area (Å²) in [4.78, 5) is 60.2. The number of hydrogen-bond acceptors (Lipinski definition) is 10. The number of rotatable bonds is 10. The Morgan fingerprint density at radius 1 is 1.05 bits per heavy atom. The third-order valence-electron chi connectivity index (χ3n) is 11.8. The lowest BCUT2D eigenvalue weighted by molar-refractivity contribution is -0.135. The minimum absolute atomic E-state index is 0.0333. The molecule has 5 aromatic rings. The van der Waals surface area contributed by atoms with Crippen molar-refractivity contribution in [2.45, 2.75) is 75.9 Å². The highest BCUT2D eigenvalue weighted by molar-refractivity contribution is 6.10. The number of hydrogen-bond donors (Lipinski definition) is 2. The van der Waals surface area contributed by atoms with Gasteiger partial charge in [0.05, 0.1) is 35.6 Å². The lowest BCUT2D eigenvalue weighted by atomic mass is 9.85. The zero-order valence-electron chi connectivity index (χ0n) is 31.5. The fourth-order valence-electron chi connectivity index (χ4n) is 8.84. The molecule has 3 fully saturated rings. The Kier molecular flexibility index (Phi) is 10.1. The number of ether oxygens (including phenoxy) is 1. The number of piperidine rings is 2. The molecule has 6 heterocycles. The molecule has 2 aliphatic heterocycles. The molecule has 16 nitrogen and oxygen atoms in total. The molecule has 1 unspecified atom stereocenters. The standard InChI is InChI=1S/C38H45F2N11O5/c1-46(23-14-18-48(19-15-23)26-6-4-7-27-32(26)47(2)38(55)51(27)28-12-13-29(52)43-35(28)53)20-22-8-10-24(11-9-22)50-21-25(31(44-50)33(39)40)42-36(54)30-34-41-16-5-17-49(34)45-37(30)56-3/h4-7,16-17,21-24,28,33H,8-15,18-20H2,1-3H3,(H,42,54)(H,43,52,53). The van der Waals surface area contributed by atoms with Crippen LogP contribution in [0.2, 0.25) is 0 Å². The summed E-state index contributed by atoms with van der Waals surface area (Å²) < 4.78 is 39.7. The van der Waals surface area contributed by atoms with Crippen LogP contribution in [0.3, 0.4) is 0 Å². The minimum Gasteiger partial charge on any atom is -0.479 e. The van der Waals surface area contributed by atoms with E-state index >= 15 is 0 Å². The number of aromatic nitrogens is 7. The van der Waals surface area contributed by atoms with Crippen LogP contribution in [0, 0.1) is 5.92 Å². The molecule has 8 rings (SSSR count). The molecule has 3 aliphatic rings. The molecule has 0 radical (unpaired) electrons. The van der Waals surface area contributed by atoms with Gasteiger partial charge in [0, 0.05) is 57.7 Å². The second-order valence-corrected chi connectivity index (χ2v) is 15.1. The Bertz CT molecular complexity index is 2350. The van der Waals surface area contributed by atoms with Gasteiger partial charge >= 0.3 is 5.69 Å². The summed E-state index contributed by atoms with van der Waals surface area (Å²) in [5.74, 6) is -0.951. The first-order valence-electron chi connectivity index (χ1n) is 19.1. The van der Waals surface area contributed by atoms with Crippen LogP contribution in [0.4, 0.5) is 20.2 Å². The van der Waals surface area contributed by atoms with Gasteiger partial charge in [0.2, 0.25) is 17.7 Å². The summed E-state index contributed by atoms with van der Waals surface area (Å²) in [5.41, 5.74) is 1.88. The molecule has 1 aromatic carbocycles. The van der Waals surface area contributed by atoms with Crippen LogP contribution in [-0.4, -0.2) is 96.0 Å². The largest absolute Gasteiger partial charge is 0.479 e. The smallest absolute Gasteiger partial charge is 0.329 e. The molecule has 3 amide bonds. The molecular formula is C38H45F2N11O5. The second kappa shape index (κ2) is 15.1. The summed E-state index contributed by atoms with van der Waals surface area (Å²) in [6, 6.07) is 7.04. The topological polar surface area (TPSA) is 166 Å². The first-order valence-corrected chi connectivity index (χ1v) is 19.1. The van der Waals surface area contributed by atoms with Crippen LogP contribution in [0.25, 0.3) is 16.7 Å². The highest BCUT2D eigenvalue weighted by Crippen LogP contribution is 2.37. The summed E-state index contributed by atoms with van der Waals surface area (Å²) in [6.07, 6.45) is 7.51. The first kappa shape index (κ1) is 37.3. The first-order chi connectivity index (χ1) is 27.0. The highest BCUT2D eigenvalue weighted by atomic mass is 19.3. The van der Waals surface area contributed by atoms with Crippen molar-refractivity contribution in [2.75, 3.05) is 44.0 Å². The maximum Gasteiger partial charge on any atom is 0.329 e. The van der Waals surface area contributed by atoms with E-state index in [1.807, 2.05) is 18.2 Å². The molecule has 18 heteroatoms. The van der Waals surface area contributed by atoms with Crippen LogP contribution in [0.15, 0.2) is 47.7 Å². The van der Waals surface area contributed by atoms with Gasteiger partial charge in [0.1, 0.15) is 11.6 Å². The summed E-state index contributed by atoms with van der Waals surface area (Å²) in [7, 11) is 5.27. The van der Waals surface area contributed by atoms with E-state index in [4.69, 9.17) is 4.74 Å². The number of fused-ring (bicyclic) bond motifs is 2. The van der Waals surface area contributed by atoms with E-state index in [-0.39, 0.29) is 53.3 Å². The van der Waals surface area contributed by atoms with Crippen LogP contribution in [0.5, 0.6) is 5.88 Å². The van der Waals surface area contributed by atoms with E-state index in [0.29, 0.717) is 17.5 Å². The molecule has 1 atom stereocenters. The zero-order valence-corrected chi connectivity index (χ0v) is 31.5. The van der Waals surface area contributed by atoms with E-state index in [1.165, 1.54) is 28.6 Å². The molecular weight excluding hydrogens is 728 g/mol. The number of imidazole rings is 1. The van der Waals surface area contributed by atoms with Crippen LogP contribution < -0.4 is 26.0 Å². The van der Waals surface area contributed by atoms with Crippen molar-refractivity contribution < 1.29 is 27.9 Å². The second-order valence-electron chi connectivity index (χ2n) is 15.1. The average molecular weight is 774 g/mol. The number of benzene rings is 1. The number of imide groups is 1. The Labute approximate surface area is 320 Å². The molecule has 296 valence electrons. The number of amides is 3. The number of carbonyl (C=O) groups excluding carboxylic acids is 3. The molecule has 0 bridgehead atoms. The van der Waals surface area contributed by atoms with Gasteiger partial charge in [-0.3, -0.25) is 33.5 Å². The number of nitrogens with one attached hydrogen (secondary N) is 2. The molecule has 1 saturated carbocycles. The Balaban J connectivity index is 0.875. The van der Waals surface area contributed by atoms with Crippen LogP contribution in [-0.2, 0) is 16.6 Å². The number of methoxy groups -OCH3 is 1. The summed E-state index contributed by atoms with van der Waals surface area (Å²) in [6.45, 7) is 2.54. The monoisotopic (exact) mass is 773 g/mol. The third kappa shape index (κ3) is 6.79. The number of para-hydroxylation sites is 1. The number of nitrogens with zero attached hydrogens (tertiary/aromatic N) is 9. The number of alkyl halides is 2. The average Bonchev–Trinajstić information content (AvgIpc) is 3.87. The highest BCUT2D eigenvalue weighted by Gasteiger charge is 2.34. The predicted molar refractivity (Wildman–Crippen MR) is 202 cm³/mol. The van der Waals surface area contributed by atoms with Crippen LogP contribution >= 0.6 is 0 Å². The van der Waals surface area contributed by atoms with Crippen molar-refractivity contribution in [3.63, 3.8) is 0 Å².